The number of rotatable bonds is 6. The number of carbonyl (C=O) groups excluding carboxylic acids is 1. The lowest BCUT2D eigenvalue weighted by molar-refractivity contribution is -0.138. The van der Waals surface area contributed by atoms with Gasteiger partial charge in [-0.25, -0.2) is 0 Å². The second-order valence-corrected chi connectivity index (χ2v) is 5.72. The van der Waals surface area contributed by atoms with Gasteiger partial charge in [0, 0.05) is 10.9 Å². The predicted octanol–water partition coefficient (Wildman–Crippen LogP) is 2.66. The van der Waals surface area contributed by atoms with E-state index in [0.29, 0.717) is 6.04 Å². The molecule has 17 heavy (non-hydrogen) atoms. The van der Waals surface area contributed by atoms with Gasteiger partial charge in [0.25, 0.3) is 0 Å². The summed E-state index contributed by atoms with van der Waals surface area (Å²) in [5, 5.41) is 2.05. The molecule has 0 spiro atoms. The molecule has 1 heterocycles. The summed E-state index contributed by atoms with van der Waals surface area (Å²) in [6.45, 7) is 4.85. The molecule has 2 rings (SSSR count). The largest absolute Gasteiger partial charge is 0.369 e. The van der Waals surface area contributed by atoms with Gasteiger partial charge in [0.1, 0.15) is 6.61 Å². The molecule has 0 aromatic carbocycles. The highest BCUT2D eigenvalue weighted by Gasteiger charge is 2.32. The first-order valence-electron chi connectivity index (χ1n) is 6.10. The zero-order chi connectivity index (χ0) is 12.3. The molecule has 1 aliphatic rings. The first-order chi connectivity index (χ1) is 8.16. The number of amides is 1. The third kappa shape index (κ3) is 3.82. The van der Waals surface area contributed by atoms with Gasteiger partial charge in [-0.15, -0.1) is 11.3 Å². The molecule has 0 N–H and O–H groups in total. The van der Waals surface area contributed by atoms with Crippen LogP contribution in [0.5, 0.6) is 0 Å². The fourth-order valence-electron chi connectivity index (χ4n) is 1.70. The third-order valence-corrected chi connectivity index (χ3v) is 3.62. The average molecular weight is 253 g/mol. The quantitative estimate of drug-likeness (QED) is 0.780. The van der Waals surface area contributed by atoms with E-state index in [-0.39, 0.29) is 18.6 Å². The number of carbonyl (C=O) groups is 1. The molecule has 0 radical (unpaired) electrons. The Balaban J connectivity index is 1.90. The Labute approximate surface area is 106 Å². The standard InChI is InChI=1S/C13H19NO2S/c1-10(2)16-9-13(15)14(11-5-6-11)8-12-4-3-7-17-12/h3-4,7,10-11H,5-6,8-9H2,1-2H3. The summed E-state index contributed by atoms with van der Waals surface area (Å²) < 4.78 is 5.39. The van der Waals surface area contributed by atoms with Crippen molar-refractivity contribution in [1.82, 2.24) is 4.90 Å². The van der Waals surface area contributed by atoms with Gasteiger partial charge >= 0.3 is 0 Å². The molecule has 0 saturated heterocycles. The molecule has 4 heteroatoms. The van der Waals surface area contributed by atoms with Gasteiger partial charge in [-0.05, 0) is 38.1 Å². The summed E-state index contributed by atoms with van der Waals surface area (Å²) in [5.74, 6) is 0.120. The van der Waals surface area contributed by atoms with Crippen LogP contribution in [0.1, 0.15) is 31.6 Å². The van der Waals surface area contributed by atoms with Gasteiger partial charge in [-0.3, -0.25) is 4.79 Å². The molecule has 1 saturated carbocycles. The van der Waals surface area contributed by atoms with Crippen molar-refractivity contribution >= 4 is 17.2 Å². The number of nitrogens with zero attached hydrogens (tertiary/aromatic N) is 1. The van der Waals surface area contributed by atoms with E-state index in [9.17, 15) is 4.79 Å². The Bertz CT molecular complexity index is 358. The Kier molecular flexibility index (Phi) is 4.18. The summed E-state index contributed by atoms with van der Waals surface area (Å²) >= 11 is 1.70. The lowest BCUT2D eigenvalue weighted by Gasteiger charge is -2.22. The average Bonchev–Trinajstić information content (AvgIpc) is 3.00. The zero-order valence-corrected chi connectivity index (χ0v) is 11.2. The van der Waals surface area contributed by atoms with E-state index in [1.165, 1.54) is 4.88 Å². The predicted molar refractivity (Wildman–Crippen MR) is 69.0 cm³/mol. The second kappa shape index (κ2) is 5.65. The molecule has 0 unspecified atom stereocenters. The maximum absolute atomic E-state index is 12.1. The first kappa shape index (κ1) is 12.6. The highest BCUT2D eigenvalue weighted by molar-refractivity contribution is 7.09. The van der Waals surface area contributed by atoms with Crippen LogP contribution in [0.25, 0.3) is 0 Å². The zero-order valence-electron chi connectivity index (χ0n) is 10.4. The van der Waals surface area contributed by atoms with Crippen molar-refractivity contribution in [3.63, 3.8) is 0 Å². The van der Waals surface area contributed by atoms with Gasteiger partial charge < -0.3 is 9.64 Å². The number of ether oxygens (including phenoxy) is 1. The van der Waals surface area contributed by atoms with Gasteiger partial charge in [-0.1, -0.05) is 6.07 Å². The van der Waals surface area contributed by atoms with Gasteiger partial charge in [0.15, 0.2) is 0 Å². The highest BCUT2D eigenvalue weighted by Crippen LogP contribution is 2.29. The molecule has 0 aliphatic heterocycles. The minimum atomic E-state index is 0.113. The van der Waals surface area contributed by atoms with Crippen LogP contribution < -0.4 is 0 Å². The van der Waals surface area contributed by atoms with E-state index in [2.05, 4.69) is 11.4 Å². The highest BCUT2D eigenvalue weighted by atomic mass is 32.1. The molecule has 1 aliphatic carbocycles. The second-order valence-electron chi connectivity index (χ2n) is 4.69. The van der Waals surface area contributed by atoms with Crippen molar-refractivity contribution in [2.24, 2.45) is 0 Å². The lowest BCUT2D eigenvalue weighted by Crippen LogP contribution is -2.35. The lowest BCUT2D eigenvalue weighted by atomic mass is 10.3. The summed E-state index contributed by atoms with van der Waals surface area (Å²) in [6, 6.07) is 4.55. The van der Waals surface area contributed by atoms with Crippen LogP contribution in [0.4, 0.5) is 0 Å². The van der Waals surface area contributed by atoms with Crippen LogP contribution in [-0.2, 0) is 16.1 Å². The fraction of sp³-hybridized carbons (Fsp3) is 0.615. The van der Waals surface area contributed by atoms with E-state index >= 15 is 0 Å². The van der Waals surface area contributed by atoms with Crippen molar-refractivity contribution in [2.45, 2.75) is 45.4 Å². The van der Waals surface area contributed by atoms with Crippen molar-refractivity contribution in [1.29, 1.82) is 0 Å². The van der Waals surface area contributed by atoms with E-state index in [1.54, 1.807) is 11.3 Å². The van der Waals surface area contributed by atoms with Crippen LogP contribution in [0.2, 0.25) is 0 Å². The summed E-state index contributed by atoms with van der Waals surface area (Å²) in [6.07, 6.45) is 2.39. The van der Waals surface area contributed by atoms with Crippen LogP contribution in [0.15, 0.2) is 17.5 Å². The Morgan fingerprint density at radius 1 is 1.59 bits per heavy atom. The van der Waals surface area contributed by atoms with Crippen molar-refractivity contribution in [2.75, 3.05) is 6.61 Å². The van der Waals surface area contributed by atoms with Crippen molar-refractivity contribution < 1.29 is 9.53 Å². The third-order valence-electron chi connectivity index (χ3n) is 2.75. The smallest absolute Gasteiger partial charge is 0.249 e. The van der Waals surface area contributed by atoms with Gasteiger partial charge in [-0.2, -0.15) is 0 Å². The summed E-state index contributed by atoms with van der Waals surface area (Å²) in [7, 11) is 0. The summed E-state index contributed by atoms with van der Waals surface area (Å²) in [4.78, 5) is 15.3. The van der Waals surface area contributed by atoms with Crippen LogP contribution in [-0.4, -0.2) is 29.6 Å². The Morgan fingerprint density at radius 3 is 2.88 bits per heavy atom. The van der Waals surface area contributed by atoms with Gasteiger partial charge in [0.2, 0.25) is 5.91 Å². The molecule has 0 atom stereocenters. The maximum atomic E-state index is 12.1. The molecule has 1 aromatic heterocycles. The van der Waals surface area contributed by atoms with E-state index in [1.807, 2.05) is 24.8 Å². The fourth-order valence-corrected chi connectivity index (χ4v) is 2.40. The Morgan fingerprint density at radius 2 is 2.35 bits per heavy atom. The first-order valence-corrected chi connectivity index (χ1v) is 6.98. The number of thiophene rings is 1. The van der Waals surface area contributed by atoms with Crippen LogP contribution in [0, 0.1) is 0 Å². The maximum Gasteiger partial charge on any atom is 0.249 e. The molecular formula is C13H19NO2S. The molecule has 94 valence electrons. The van der Waals surface area contributed by atoms with E-state index in [0.717, 1.165) is 19.4 Å². The SMILES string of the molecule is CC(C)OCC(=O)N(Cc1cccs1)C1CC1. The molecule has 1 amide bonds. The normalized spacial score (nSPS) is 15.2. The minimum Gasteiger partial charge on any atom is -0.369 e. The monoisotopic (exact) mass is 253 g/mol. The topological polar surface area (TPSA) is 29.5 Å². The van der Waals surface area contributed by atoms with Crippen LogP contribution in [0.3, 0.4) is 0 Å². The molecule has 1 fully saturated rings. The van der Waals surface area contributed by atoms with Gasteiger partial charge in [0.05, 0.1) is 12.6 Å². The molecule has 1 aromatic rings. The number of hydrogen-bond acceptors (Lipinski definition) is 3. The van der Waals surface area contributed by atoms with Crippen molar-refractivity contribution in [3.8, 4) is 0 Å². The van der Waals surface area contributed by atoms with Crippen molar-refractivity contribution in [3.05, 3.63) is 22.4 Å². The minimum absolute atomic E-state index is 0.113. The van der Waals surface area contributed by atoms with E-state index in [4.69, 9.17) is 4.74 Å². The Hall–Kier alpha value is -0.870. The van der Waals surface area contributed by atoms with E-state index < -0.39 is 0 Å². The molecule has 0 bridgehead atoms. The molecule has 3 nitrogen and oxygen atoms in total. The van der Waals surface area contributed by atoms with Crippen LogP contribution >= 0.6 is 11.3 Å². The number of hydrogen-bond donors (Lipinski definition) is 0. The summed E-state index contributed by atoms with van der Waals surface area (Å²) in [5.41, 5.74) is 0. The molecular weight excluding hydrogens is 234 g/mol.